The highest BCUT2D eigenvalue weighted by molar-refractivity contribution is 4.62. The molecule has 0 bridgehead atoms. The van der Waals surface area contributed by atoms with Crippen LogP contribution in [-0.2, 0) is 4.74 Å². The molecule has 1 saturated heterocycles. The van der Waals surface area contributed by atoms with E-state index in [0.717, 1.165) is 32.8 Å². The highest BCUT2D eigenvalue weighted by Gasteiger charge is 2.07. The fourth-order valence-electron chi connectivity index (χ4n) is 1.56. The predicted octanol–water partition coefficient (Wildman–Crippen LogP) is 0.708. The van der Waals surface area contributed by atoms with Crippen LogP contribution in [0.3, 0.4) is 0 Å². The van der Waals surface area contributed by atoms with E-state index in [4.69, 9.17) is 4.74 Å². The maximum Gasteiger partial charge on any atom is 0.0593 e. The molecule has 0 aliphatic carbocycles. The summed E-state index contributed by atoms with van der Waals surface area (Å²) in [6, 6.07) is 0. The highest BCUT2D eigenvalue weighted by atomic mass is 16.5. The molecule has 0 atom stereocenters. The van der Waals surface area contributed by atoms with Crippen molar-refractivity contribution in [1.29, 1.82) is 0 Å². The first-order valence-corrected chi connectivity index (χ1v) is 5.44. The van der Waals surface area contributed by atoms with Crippen LogP contribution in [0, 0.1) is 0 Å². The first kappa shape index (κ1) is 11.0. The summed E-state index contributed by atoms with van der Waals surface area (Å²) in [5.41, 5.74) is 0. The Kier molecular flexibility index (Phi) is 6.15. The molecule has 0 saturated carbocycles. The summed E-state index contributed by atoms with van der Waals surface area (Å²) in [7, 11) is 0. The highest BCUT2D eigenvalue weighted by Crippen LogP contribution is 1.97. The smallest absolute Gasteiger partial charge is 0.0593 e. The largest absolute Gasteiger partial charge is 0.380 e. The van der Waals surface area contributed by atoms with E-state index in [1.54, 1.807) is 0 Å². The van der Waals surface area contributed by atoms with Crippen LogP contribution in [0.2, 0.25) is 0 Å². The molecule has 1 aliphatic heterocycles. The molecular formula is C10H22N2O. The van der Waals surface area contributed by atoms with Crippen molar-refractivity contribution in [3.63, 3.8) is 0 Å². The van der Waals surface area contributed by atoms with Crippen molar-refractivity contribution in [2.75, 3.05) is 45.9 Å². The first-order chi connectivity index (χ1) is 6.43. The third-order valence-corrected chi connectivity index (χ3v) is 2.35. The standard InChI is InChI=1S/C10H22N2O/c1-2-4-11-5-7-12-6-3-9-13-10-8-12/h11H,2-10H2,1H3. The Bertz CT molecular complexity index is 111. The second-order valence-corrected chi connectivity index (χ2v) is 3.56. The number of hydrogen-bond donors (Lipinski definition) is 1. The predicted molar refractivity (Wildman–Crippen MR) is 55.0 cm³/mol. The number of ether oxygens (including phenoxy) is 1. The summed E-state index contributed by atoms with van der Waals surface area (Å²) >= 11 is 0. The van der Waals surface area contributed by atoms with Crippen molar-refractivity contribution in [3.8, 4) is 0 Å². The third kappa shape index (κ3) is 5.24. The molecule has 0 radical (unpaired) electrons. The number of nitrogens with zero attached hydrogens (tertiary/aromatic N) is 1. The normalized spacial score (nSPS) is 20.1. The van der Waals surface area contributed by atoms with Gasteiger partial charge in [-0.25, -0.2) is 0 Å². The molecule has 0 aromatic heterocycles. The van der Waals surface area contributed by atoms with Gasteiger partial charge in [0, 0.05) is 32.8 Å². The minimum absolute atomic E-state index is 0.910. The van der Waals surface area contributed by atoms with Gasteiger partial charge in [0.25, 0.3) is 0 Å². The Morgan fingerprint density at radius 3 is 3.00 bits per heavy atom. The zero-order valence-corrected chi connectivity index (χ0v) is 8.72. The van der Waals surface area contributed by atoms with E-state index in [-0.39, 0.29) is 0 Å². The van der Waals surface area contributed by atoms with Gasteiger partial charge in [0.15, 0.2) is 0 Å². The van der Waals surface area contributed by atoms with E-state index in [1.165, 1.54) is 25.9 Å². The van der Waals surface area contributed by atoms with Gasteiger partial charge in [0.05, 0.1) is 6.61 Å². The van der Waals surface area contributed by atoms with Gasteiger partial charge in [0.1, 0.15) is 0 Å². The second kappa shape index (κ2) is 7.30. The van der Waals surface area contributed by atoms with Crippen molar-refractivity contribution in [1.82, 2.24) is 10.2 Å². The summed E-state index contributed by atoms with van der Waals surface area (Å²) in [5.74, 6) is 0. The van der Waals surface area contributed by atoms with E-state index < -0.39 is 0 Å². The zero-order chi connectivity index (χ0) is 9.36. The van der Waals surface area contributed by atoms with Crippen LogP contribution >= 0.6 is 0 Å². The van der Waals surface area contributed by atoms with Gasteiger partial charge in [-0.05, 0) is 19.4 Å². The van der Waals surface area contributed by atoms with E-state index >= 15 is 0 Å². The van der Waals surface area contributed by atoms with Crippen molar-refractivity contribution >= 4 is 0 Å². The van der Waals surface area contributed by atoms with Crippen LogP contribution in [0.4, 0.5) is 0 Å². The third-order valence-electron chi connectivity index (χ3n) is 2.35. The van der Waals surface area contributed by atoms with Crippen LogP contribution in [0.5, 0.6) is 0 Å². The number of nitrogens with one attached hydrogen (secondary N) is 1. The van der Waals surface area contributed by atoms with Gasteiger partial charge >= 0.3 is 0 Å². The van der Waals surface area contributed by atoms with E-state index in [1.807, 2.05) is 0 Å². The lowest BCUT2D eigenvalue weighted by Crippen LogP contribution is -2.34. The topological polar surface area (TPSA) is 24.5 Å². The van der Waals surface area contributed by atoms with Crippen LogP contribution in [-0.4, -0.2) is 50.8 Å². The monoisotopic (exact) mass is 186 g/mol. The molecule has 1 fully saturated rings. The summed E-state index contributed by atoms with van der Waals surface area (Å²) in [4.78, 5) is 2.48. The maximum atomic E-state index is 5.39. The molecule has 0 aromatic rings. The lowest BCUT2D eigenvalue weighted by molar-refractivity contribution is 0.141. The molecule has 3 nitrogen and oxygen atoms in total. The molecular weight excluding hydrogens is 164 g/mol. The second-order valence-electron chi connectivity index (χ2n) is 3.56. The number of rotatable bonds is 5. The summed E-state index contributed by atoms with van der Waals surface area (Å²) in [5, 5.41) is 3.42. The fraction of sp³-hybridized carbons (Fsp3) is 1.00. The lowest BCUT2D eigenvalue weighted by atomic mass is 10.4. The maximum absolute atomic E-state index is 5.39. The van der Waals surface area contributed by atoms with Crippen LogP contribution in [0.1, 0.15) is 19.8 Å². The molecule has 1 rings (SSSR count). The van der Waals surface area contributed by atoms with Gasteiger partial charge in [0.2, 0.25) is 0 Å². The molecule has 0 unspecified atom stereocenters. The lowest BCUT2D eigenvalue weighted by Gasteiger charge is -2.18. The minimum atomic E-state index is 0.910. The van der Waals surface area contributed by atoms with E-state index in [2.05, 4.69) is 17.1 Å². The van der Waals surface area contributed by atoms with Crippen LogP contribution < -0.4 is 5.32 Å². The van der Waals surface area contributed by atoms with Crippen LogP contribution in [0.15, 0.2) is 0 Å². The zero-order valence-electron chi connectivity index (χ0n) is 8.72. The molecule has 13 heavy (non-hydrogen) atoms. The molecule has 3 heteroatoms. The Morgan fingerprint density at radius 2 is 2.15 bits per heavy atom. The van der Waals surface area contributed by atoms with Gasteiger partial charge in [-0.15, -0.1) is 0 Å². The molecule has 0 amide bonds. The minimum Gasteiger partial charge on any atom is -0.380 e. The molecule has 1 N–H and O–H groups in total. The molecule has 78 valence electrons. The average molecular weight is 186 g/mol. The van der Waals surface area contributed by atoms with Gasteiger partial charge < -0.3 is 10.1 Å². The Hall–Kier alpha value is -0.120. The van der Waals surface area contributed by atoms with Gasteiger partial charge in [-0.3, -0.25) is 4.90 Å². The van der Waals surface area contributed by atoms with Crippen LogP contribution in [0.25, 0.3) is 0 Å². The van der Waals surface area contributed by atoms with Crippen molar-refractivity contribution < 1.29 is 4.74 Å². The van der Waals surface area contributed by atoms with Gasteiger partial charge in [-0.2, -0.15) is 0 Å². The van der Waals surface area contributed by atoms with Crippen molar-refractivity contribution in [2.45, 2.75) is 19.8 Å². The average Bonchev–Trinajstić information content (AvgIpc) is 2.41. The Morgan fingerprint density at radius 1 is 1.23 bits per heavy atom. The van der Waals surface area contributed by atoms with E-state index in [0.29, 0.717) is 0 Å². The summed E-state index contributed by atoms with van der Waals surface area (Å²) < 4.78 is 5.39. The molecule has 1 heterocycles. The fourth-order valence-corrected chi connectivity index (χ4v) is 1.56. The first-order valence-electron chi connectivity index (χ1n) is 5.44. The quantitative estimate of drug-likeness (QED) is 0.640. The SMILES string of the molecule is CCCNCCN1CCCOCC1. The summed E-state index contributed by atoms with van der Waals surface area (Å²) in [6.07, 6.45) is 2.41. The Balaban J connectivity index is 1.98. The molecule has 0 aromatic carbocycles. The van der Waals surface area contributed by atoms with Gasteiger partial charge in [-0.1, -0.05) is 6.92 Å². The molecule has 1 aliphatic rings. The molecule has 0 spiro atoms. The Labute approximate surface area is 81.4 Å². The summed E-state index contributed by atoms with van der Waals surface area (Å²) in [6.45, 7) is 9.79. The van der Waals surface area contributed by atoms with E-state index in [9.17, 15) is 0 Å². The van der Waals surface area contributed by atoms with Crippen molar-refractivity contribution in [3.05, 3.63) is 0 Å². The van der Waals surface area contributed by atoms with Crippen molar-refractivity contribution in [2.24, 2.45) is 0 Å². The number of hydrogen-bond acceptors (Lipinski definition) is 3.